The fourth-order valence-electron chi connectivity index (χ4n) is 0.417. The van der Waals surface area contributed by atoms with Gasteiger partial charge in [0.15, 0.2) is 0 Å². The molecule has 3 heteroatoms. The molecule has 9 heavy (non-hydrogen) atoms. The van der Waals surface area contributed by atoms with Gasteiger partial charge in [-0.25, -0.2) is 0 Å². The third kappa shape index (κ3) is 1.10. The van der Waals surface area contributed by atoms with E-state index in [1.165, 1.54) is 0 Å². The van der Waals surface area contributed by atoms with Crippen LogP contribution < -0.4 is 10.2 Å². The van der Waals surface area contributed by atoms with Crippen LogP contribution in [0.2, 0.25) is 0 Å². The second-order valence-corrected chi connectivity index (χ2v) is 1.39. The molecule has 0 radical (unpaired) electrons. The van der Waals surface area contributed by atoms with Crippen LogP contribution in [-0.2, 0) is 0 Å². The van der Waals surface area contributed by atoms with Crippen LogP contribution in [0, 0.1) is 0 Å². The molecule has 1 aromatic rings. The molecule has 3 nitrogen and oxygen atoms in total. The quantitative estimate of drug-likeness (QED) is 0.558. The fourth-order valence-corrected chi connectivity index (χ4v) is 0.417. The van der Waals surface area contributed by atoms with Gasteiger partial charge >= 0.3 is 0 Å². The Hall–Kier alpha value is -1.25. The highest BCUT2D eigenvalue weighted by atomic mass is 16.5. The van der Waals surface area contributed by atoms with E-state index in [1.54, 1.807) is 0 Å². The largest absolute Gasteiger partial charge is 0.490 e. The van der Waals surface area contributed by atoms with Crippen molar-refractivity contribution in [1.29, 1.82) is 0 Å². The van der Waals surface area contributed by atoms with E-state index in [0.717, 1.165) is 18.6 Å². The van der Waals surface area contributed by atoms with E-state index in [1.807, 2.05) is 0 Å². The minimum Gasteiger partial charge on any atom is -0.490 e. The van der Waals surface area contributed by atoms with Crippen molar-refractivity contribution in [3.05, 3.63) is 28.8 Å². The average molecular weight is 129 g/mol. The second kappa shape index (κ2) is 2.35. The summed E-state index contributed by atoms with van der Waals surface area (Å²) in [5.41, 5.74) is -0.516. The predicted molar refractivity (Wildman–Crippen MR) is 31.5 cm³/mol. The van der Waals surface area contributed by atoms with Crippen LogP contribution in [0.3, 0.4) is 0 Å². The number of ether oxygens (including phenoxy) is 1. The topological polar surface area (TPSA) is 39.4 Å². The first-order chi connectivity index (χ1) is 5.49. The summed E-state index contributed by atoms with van der Waals surface area (Å²) in [5.74, 6) is -0.308. The third-order valence-electron chi connectivity index (χ3n) is 0.826. The zero-order valence-electron chi connectivity index (χ0n) is 7.46. The van der Waals surface area contributed by atoms with E-state index >= 15 is 0 Å². The normalized spacial score (nSPS) is 15.3. The fraction of sp³-hybridized carbons (Fsp3) is 0.167. The maximum Gasteiger partial charge on any atom is 0.226 e. The van der Waals surface area contributed by atoms with Crippen LogP contribution in [0.1, 0.15) is 4.11 Å². The summed E-state index contributed by atoms with van der Waals surface area (Å²) in [6, 6.07) is 1.08. The molecule has 0 amide bonds. The molecule has 0 aliphatic heterocycles. The molecule has 0 saturated heterocycles. The van der Waals surface area contributed by atoms with Gasteiger partial charge in [0.1, 0.15) is 6.26 Å². The van der Waals surface area contributed by atoms with Crippen LogP contribution in [0.25, 0.3) is 0 Å². The lowest BCUT2D eigenvalue weighted by Gasteiger charge is -1.92. The van der Waals surface area contributed by atoms with E-state index < -0.39 is 12.5 Å². The Morgan fingerprint density at radius 2 is 2.78 bits per heavy atom. The number of rotatable bonds is 1. The Bertz CT molecular complexity index is 314. The Labute approximate surface area is 56.1 Å². The van der Waals surface area contributed by atoms with Gasteiger partial charge < -0.3 is 9.15 Å². The predicted octanol–water partition coefficient (Wildman–Crippen LogP) is 0.648. The van der Waals surface area contributed by atoms with Crippen LogP contribution >= 0.6 is 0 Å². The summed E-state index contributed by atoms with van der Waals surface area (Å²) in [4.78, 5) is 10.9. The SMILES string of the molecule is [2H]C([2H])([2H])Oc1coccc1=O. The molecule has 0 unspecified atom stereocenters. The van der Waals surface area contributed by atoms with E-state index in [4.69, 9.17) is 4.11 Å². The molecule has 0 aromatic carbocycles. The van der Waals surface area contributed by atoms with Crippen molar-refractivity contribution >= 4 is 0 Å². The molecule has 0 fully saturated rings. The highest BCUT2D eigenvalue weighted by Gasteiger charge is 1.93. The molecule has 1 rings (SSSR count). The Balaban J connectivity index is 2.91. The van der Waals surface area contributed by atoms with Gasteiger partial charge in [-0.15, -0.1) is 0 Å². The zero-order chi connectivity index (χ0) is 9.19. The molecule has 0 atom stereocenters. The zero-order valence-corrected chi connectivity index (χ0v) is 4.46. The summed E-state index contributed by atoms with van der Waals surface area (Å²) in [7, 11) is -2.62. The highest BCUT2D eigenvalue weighted by Crippen LogP contribution is 1.97. The Morgan fingerprint density at radius 1 is 1.89 bits per heavy atom. The van der Waals surface area contributed by atoms with Gasteiger partial charge in [0.2, 0.25) is 11.2 Å². The highest BCUT2D eigenvalue weighted by molar-refractivity contribution is 5.13. The summed E-state index contributed by atoms with van der Waals surface area (Å²) < 4.78 is 29.0. The Morgan fingerprint density at radius 3 is 3.44 bits per heavy atom. The van der Waals surface area contributed by atoms with Crippen molar-refractivity contribution in [1.82, 2.24) is 0 Å². The first-order valence-corrected chi connectivity index (χ1v) is 2.24. The van der Waals surface area contributed by atoms with Gasteiger partial charge in [0.25, 0.3) is 0 Å². The third-order valence-corrected chi connectivity index (χ3v) is 0.826. The van der Waals surface area contributed by atoms with Crippen molar-refractivity contribution in [2.75, 3.05) is 7.04 Å². The first-order valence-electron chi connectivity index (χ1n) is 3.74. The molecule has 0 aliphatic rings. The Kier molecular flexibility index (Phi) is 0.797. The van der Waals surface area contributed by atoms with Gasteiger partial charge in [0.05, 0.1) is 17.4 Å². The van der Waals surface area contributed by atoms with Crippen LogP contribution in [-0.4, -0.2) is 7.04 Å². The van der Waals surface area contributed by atoms with E-state index in [2.05, 4.69) is 9.15 Å². The molecular formula is C6H6O3. The van der Waals surface area contributed by atoms with E-state index in [9.17, 15) is 4.79 Å². The van der Waals surface area contributed by atoms with E-state index in [0.29, 0.717) is 0 Å². The number of methoxy groups -OCH3 is 1. The van der Waals surface area contributed by atoms with Gasteiger partial charge in [-0.2, -0.15) is 0 Å². The molecule has 1 aromatic heterocycles. The number of hydrogen-bond donors (Lipinski definition) is 0. The van der Waals surface area contributed by atoms with Crippen molar-refractivity contribution < 1.29 is 13.3 Å². The van der Waals surface area contributed by atoms with Crippen molar-refractivity contribution in [3.8, 4) is 5.75 Å². The molecule has 0 bridgehead atoms. The summed E-state index contributed by atoms with van der Waals surface area (Å²) in [5, 5.41) is 0. The van der Waals surface area contributed by atoms with Crippen molar-refractivity contribution in [2.45, 2.75) is 0 Å². The smallest absolute Gasteiger partial charge is 0.226 e. The van der Waals surface area contributed by atoms with Gasteiger partial charge in [-0.1, -0.05) is 0 Å². The van der Waals surface area contributed by atoms with Crippen molar-refractivity contribution in [3.63, 3.8) is 0 Å². The minimum atomic E-state index is -2.62. The lowest BCUT2D eigenvalue weighted by atomic mass is 10.5. The first kappa shape index (κ1) is 3.06. The van der Waals surface area contributed by atoms with Gasteiger partial charge in [0, 0.05) is 6.07 Å². The molecule has 0 spiro atoms. The molecule has 0 saturated carbocycles. The van der Waals surface area contributed by atoms with Crippen molar-refractivity contribution in [2.24, 2.45) is 0 Å². The van der Waals surface area contributed by atoms with E-state index in [-0.39, 0.29) is 5.75 Å². The molecule has 1 heterocycles. The summed E-state index contributed by atoms with van der Waals surface area (Å²) >= 11 is 0. The average Bonchev–Trinajstić information content (AvgIpc) is 1.91. The molecule has 0 aliphatic carbocycles. The van der Waals surface area contributed by atoms with Gasteiger partial charge in [-0.05, 0) is 0 Å². The molecule has 48 valence electrons. The van der Waals surface area contributed by atoms with Crippen LogP contribution in [0.5, 0.6) is 5.75 Å². The lowest BCUT2D eigenvalue weighted by Crippen LogP contribution is -2.01. The lowest BCUT2D eigenvalue weighted by molar-refractivity contribution is 0.387. The maximum absolute atomic E-state index is 10.9. The van der Waals surface area contributed by atoms with Crippen LogP contribution in [0.15, 0.2) is 27.8 Å². The minimum absolute atomic E-state index is 0.308. The summed E-state index contributed by atoms with van der Waals surface area (Å²) in [6.45, 7) is 0. The second-order valence-electron chi connectivity index (χ2n) is 1.39. The summed E-state index contributed by atoms with van der Waals surface area (Å²) in [6.07, 6.45) is 2.10. The van der Waals surface area contributed by atoms with Crippen LogP contribution in [0.4, 0.5) is 0 Å². The van der Waals surface area contributed by atoms with Gasteiger partial charge in [-0.3, -0.25) is 4.79 Å². The molecular weight excluding hydrogens is 120 g/mol. The monoisotopic (exact) mass is 129 g/mol. The molecule has 0 N–H and O–H groups in total. The maximum atomic E-state index is 10.9. The number of hydrogen-bond acceptors (Lipinski definition) is 3. The standard InChI is InChI=1S/C6H6O3/c1-8-6-4-9-3-2-5(6)7/h2-4H,1H3/i1D3.